The highest BCUT2D eigenvalue weighted by Gasteiger charge is 2.27. The number of halogens is 3. The van der Waals surface area contributed by atoms with Crippen LogP contribution < -0.4 is 0 Å². The number of hydrogen-bond donors (Lipinski definition) is 1. The summed E-state index contributed by atoms with van der Waals surface area (Å²) in [5.74, 6) is -2.71. The van der Waals surface area contributed by atoms with Crippen LogP contribution in [0.3, 0.4) is 0 Å². The van der Waals surface area contributed by atoms with Gasteiger partial charge in [-0.3, -0.25) is 0 Å². The van der Waals surface area contributed by atoms with Gasteiger partial charge < -0.3 is 14.9 Å². The van der Waals surface area contributed by atoms with Gasteiger partial charge in [-0.2, -0.15) is 4.99 Å². The Morgan fingerprint density at radius 1 is 1.20 bits per heavy atom. The fourth-order valence-corrected chi connectivity index (χ4v) is 4.29. The number of hydrogen-bond acceptors (Lipinski definition) is 6. The number of aliphatic hydroxyl groups is 1. The average molecular weight is 434 g/mol. The number of guanidine groups is 1. The lowest BCUT2D eigenvalue weighted by atomic mass is 10.00. The molecule has 1 unspecified atom stereocenters. The van der Waals surface area contributed by atoms with Crippen LogP contribution in [0.4, 0.5) is 13.2 Å². The van der Waals surface area contributed by atoms with Gasteiger partial charge >= 0.3 is 0 Å². The standard InChI is InChI=1S/C21H21F3N4OS/c1-21(23,24)18-7-6-17(30-18)12-28-13-25-19(26-20(28)29)27-10-8-15(9-11-27)14-2-4-16(22)5-3-14/h2-8,13,20,29H,9-12H2,1H3. The van der Waals surface area contributed by atoms with Crippen molar-refractivity contribution in [2.45, 2.75) is 32.2 Å². The molecule has 0 radical (unpaired) electrons. The van der Waals surface area contributed by atoms with Crippen molar-refractivity contribution in [1.82, 2.24) is 9.80 Å². The summed E-state index contributed by atoms with van der Waals surface area (Å²) in [6.45, 7) is 2.36. The van der Waals surface area contributed by atoms with Crippen molar-refractivity contribution in [3.05, 3.63) is 63.6 Å². The highest BCUT2D eigenvalue weighted by atomic mass is 32.1. The Morgan fingerprint density at radius 2 is 1.97 bits per heavy atom. The van der Waals surface area contributed by atoms with Gasteiger partial charge in [-0.1, -0.05) is 18.2 Å². The molecule has 2 aliphatic rings. The highest BCUT2D eigenvalue weighted by molar-refractivity contribution is 7.12. The molecule has 1 atom stereocenters. The van der Waals surface area contributed by atoms with Crippen LogP contribution in [0.1, 0.15) is 28.7 Å². The molecule has 1 N–H and O–H groups in total. The Balaban J connectivity index is 1.38. The second-order valence-electron chi connectivity index (χ2n) is 7.28. The van der Waals surface area contributed by atoms with Crippen LogP contribution in [0.5, 0.6) is 0 Å². The third-order valence-electron chi connectivity index (χ3n) is 4.99. The molecule has 2 aliphatic heterocycles. The second-order valence-corrected chi connectivity index (χ2v) is 8.45. The molecule has 1 aromatic heterocycles. The summed E-state index contributed by atoms with van der Waals surface area (Å²) in [5, 5.41) is 10.4. The lowest BCUT2D eigenvalue weighted by molar-refractivity contribution is 0.0215. The largest absolute Gasteiger partial charge is 0.355 e. The zero-order valence-electron chi connectivity index (χ0n) is 16.3. The summed E-state index contributed by atoms with van der Waals surface area (Å²) in [4.78, 5) is 12.7. The molecule has 0 aliphatic carbocycles. The monoisotopic (exact) mass is 434 g/mol. The predicted octanol–water partition coefficient (Wildman–Crippen LogP) is 4.26. The van der Waals surface area contributed by atoms with Crippen LogP contribution in [-0.2, 0) is 12.5 Å². The maximum absolute atomic E-state index is 13.4. The first kappa shape index (κ1) is 20.6. The summed E-state index contributed by atoms with van der Waals surface area (Å²) < 4.78 is 39.9. The van der Waals surface area contributed by atoms with Crippen LogP contribution in [0, 0.1) is 5.82 Å². The molecule has 0 amide bonds. The summed E-state index contributed by atoms with van der Waals surface area (Å²) in [7, 11) is 0. The summed E-state index contributed by atoms with van der Waals surface area (Å²) in [5.41, 5.74) is 2.12. The van der Waals surface area contributed by atoms with Gasteiger partial charge in [0.25, 0.3) is 5.92 Å². The number of aliphatic hydroxyl groups excluding tert-OH is 1. The first-order valence-corrected chi connectivity index (χ1v) is 10.3. The van der Waals surface area contributed by atoms with Crippen molar-refractivity contribution in [1.29, 1.82) is 0 Å². The third kappa shape index (κ3) is 4.57. The Labute approximate surface area is 176 Å². The zero-order chi connectivity index (χ0) is 21.3. The van der Waals surface area contributed by atoms with Crippen molar-refractivity contribution in [2.24, 2.45) is 9.98 Å². The van der Waals surface area contributed by atoms with Crippen LogP contribution in [0.15, 0.2) is 52.5 Å². The Bertz CT molecular complexity index is 994. The van der Waals surface area contributed by atoms with E-state index in [4.69, 9.17) is 0 Å². The minimum atomic E-state index is -2.88. The molecule has 0 saturated carbocycles. The Morgan fingerprint density at radius 3 is 2.57 bits per heavy atom. The predicted molar refractivity (Wildman–Crippen MR) is 112 cm³/mol. The molecule has 5 nitrogen and oxygen atoms in total. The number of rotatable bonds is 4. The summed E-state index contributed by atoms with van der Waals surface area (Å²) >= 11 is 1.01. The van der Waals surface area contributed by atoms with E-state index in [9.17, 15) is 18.3 Å². The minimum absolute atomic E-state index is 0.0119. The Kier molecular flexibility index (Phi) is 5.66. The van der Waals surface area contributed by atoms with E-state index in [1.165, 1.54) is 29.4 Å². The molecule has 2 aromatic rings. The number of nitrogens with zero attached hydrogens (tertiary/aromatic N) is 4. The van der Waals surface area contributed by atoms with Crippen molar-refractivity contribution < 1.29 is 18.3 Å². The molecule has 0 saturated heterocycles. The fourth-order valence-electron chi connectivity index (χ4n) is 3.34. The smallest absolute Gasteiger partial charge is 0.279 e. The SMILES string of the molecule is CC(F)(F)c1ccc(CN2C=NC(N3CC=C(c4ccc(F)cc4)CC3)=NC2O)s1. The molecule has 9 heteroatoms. The van der Waals surface area contributed by atoms with Gasteiger partial charge in [0.05, 0.1) is 17.8 Å². The molecule has 1 aromatic carbocycles. The van der Waals surface area contributed by atoms with Crippen molar-refractivity contribution in [3.63, 3.8) is 0 Å². The van der Waals surface area contributed by atoms with Crippen LogP contribution >= 0.6 is 11.3 Å². The van der Waals surface area contributed by atoms with Crippen molar-refractivity contribution in [2.75, 3.05) is 13.1 Å². The quantitative estimate of drug-likeness (QED) is 0.782. The van der Waals surface area contributed by atoms with Crippen LogP contribution in [0.2, 0.25) is 0 Å². The zero-order valence-corrected chi connectivity index (χ0v) is 17.1. The lowest BCUT2D eigenvalue weighted by Crippen LogP contribution is -2.42. The van der Waals surface area contributed by atoms with Crippen LogP contribution in [0.25, 0.3) is 5.57 Å². The Hall–Kier alpha value is -2.65. The summed E-state index contributed by atoms with van der Waals surface area (Å²) in [6.07, 6.45) is 3.16. The molecule has 158 valence electrons. The van der Waals surface area contributed by atoms with Crippen LogP contribution in [-0.4, -0.2) is 46.6 Å². The topological polar surface area (TPSA) is 51.4 Å². The fraction of sp³-hybridized carbons (Fsp3) is 0.333. The van der Waals surface area contributed by atoms with E-state index in [-0.39, 0.29) is 17.2 Å². The van der Waals surface area contributed by atoms with Gasteiger partial charge in [-0.05, 0) is 41.8 Å². The summed E-state index contributed by atoms with van der Waals surface area (Å²) in [6, 6.07) is 9.45. The van der Waals surface area contributed by atoms with Crippen molar-refractivity contribution in [3.8, 4) is 0 Å². The maximum Gasteiger partial charge on any atom is 0.279 e. The minimum Gasteiger partial charge on any atom is -0.355 e. The molecule has 30 heavy (non-hydrogen) atoms. The number of benzene rings is 1. The highest BCUT2D eigenvalue weighted by Crippen LogP contribution is 2.33. The first-order valence-electron chi connectivity index (χ1n) is 9.52. The van der Waals surface area contributed by atoms with Gasteiger partial charge in [0, 0.05) is 24.9 Å². The van der Waals surface area contributed by atoms with E-state index < -0.39 is 12.3 Å². The molecule has 0 bridgehead atoms. The number of thiophene rings is 1. The van der Waals surface area contributed by atoms with E-state index in [1.807, 2.05) is 11.0 Å². The third-order valence-corrected chi connectivity index (χ3v) is 6.23. The molecule has 3 heterocycles. The molecule has 0 spiro atoms. The average Bonchev–Trinajstić information content (AvgIpc) is 3.20. The second kappa shape index (κ2) is 8.23. The number of alkyl halides is 2. The van der Waals surface area contributed by atoms with Gasteiger partial charge in [0.2, 0.25) is 12.3 Å². The lowest BCUT2D eigenvalue weighted by Gasteiger charge is -2.32. The van der Waals surface area contributed by atoms with E-state index in [1.54, 1.807) is 18.2 Å². The van der Waals surface area contributed by atoms with E-state index in [0.29, 0.717) is 23.9 Å². The number of aliphatic imine (C=N–C) groups is 2. The van der Waals surface area contributed by atoms with E-state index in [0.717, 1.165) is 35.8 Å². The molecular formula is C21H21F3N4OS. The maximum atomic E-state index is 13.4. The normalized spacial score (nSPS) is 19.7. The molecular weight excluding hydrogens is 413 g/mol. The van der Waals surface area contributed by atoms with Gasteiger partial charge in [0.1, 0.15) is 5.82 Å². The van der Waals surface area contributed by atoms with Gasteiger partial charge in [0.15, 0.2) is 0 Å². The van der Waals surface area contributed by atoms with E-state index >= 15 is 0 Å². The van der Waals surface area contributed by atoms with E-state index in [2.05, 4.69) is 9.98 Å². The molecule has 4 rings (SSSR count). The molecule has 0 fully saturated rings. The van der Waals surface area contributed by atoms with Gasteiger partial charge in [-0.25, -0.2) is 18.2 Å². The first-order chi connectivity index (χ1) is 14.3. The van der Waals surface area contributed by atoms with Gasteiger partial charge in [-0.15, -0.1) is 11.3 Å². The van der Waals surface area contributed by atoms with Crippen molar-refractivity contribution >= 4 is 29.2 Å².